The lowest BCUT2D eigenvalue weighted by Gasteiger charge is -2.11. The number of ether oxygens (including phenoxy) is 1. The summed E-state index contributed by atoms with van der Waals surface area (Å²) in [6, 6.07) is 9.40. The summed E-state index contributed by atoms with van der Waals surface area (Å²) in [6.07, 6.45) is 0.695. The van der Waals surface area contributed by atoms with Crippen LogP contribution in [-0.2, 0) is 4.79 Å². The molecule has 1 N–H and O–H groups in total. The quantitative estimate of drug-likeness (QED) is 0.802. The predicted octanol–water partition coefficient (Wildman–Crippen LogP) is 4.48. The standard InChI is InChI=1S/C15H10Cl3NO3/c16-10-5-12(17)15(13(18)6-10)19-14(21)8-22-11-3-1-2-9(4-11)7-20/h1-7H,8H2,(H,19,21). The summed E-state index contributed by atoms with van der Waals surface area (Å²) in [7, 11) is 0. The van der Waals surface area contributed by atoms with Crippen LogP contribution in [0.4, 0.5) is 5.69 Å². The van der Waals surface area contributed by atoms with Crippen LogP contribution in [0.3, 0.4) is 0 Å². The van der Waals surface area contributed by atoms with E-state index in [9.17, 15) is 9.59 Å². The van der Waals surface area contributed by atoms with Crippen LogP contribution in [0.5, 0.6) is 5.75 Å². The van der Waals surface area contributed by atoms with Crippen molar-refractivity contribution in [3.05, 3.63) is 57.0 Å². The van der Waals surface area contributed by atoms with E-state index in [0.29, 0.717) is 22.6 Å². The monoisotopic (exact) mass is 357 g/mol. The Morgan fingerprint density at radius 2 is 1.82 bits per heavy atom. The lowest BCUT2D eigenvalue weighted by atomic mass is 10.2. The first-order chi connectivity index (χ1) is 10.5. The van der Waals surface area contributed by atoms with Crippen LogP contribution < -0.4 is 10.1 Å². The summed E-state index contributed by atoms with van der Waals surface area (Å²) in [5, 5.41) is 3.38. The van der Waals surface area contributed by atoms with Crippen LogP contribution in [0.25, 0.3) is 0 Å². The molecule has 2 aromatic carbocycles. The second-order valence-electron chi connectivity index (χ2n) is 4.27. The Kier molecular flexibility index (Phi) is 5.66. The van der Waals surface area contributed by atoms with Crippen molar-refractivity contribution in [1.82, 2.24) is 0 Å². The Morgan fingerprint density at radius 1 is 1.14 bits per heavy atom. The first kappa shape index (κ1) is 16.6. The number of halogens is 3. The van der Waals surface area contributed by atoms with E-state index in [0.717, 1.165) is 0 Å². The lowest BCUT2D eigenvalue weighted by molar-refractivity contribution is -0.118. The minimum absolute atomic E-state index is 0.230. The van der Waals surface area contributed by atoms with Crippen LogP contribution in [-0.4, -0.2) is 18.8 Å². The zero-order valence-corrected chi connectivity index (χ0v) is 13.4. The van der Waals surface area contributed by atoms with E-state index >= 15 is 0 Å². The fraction of sp³-hybridized carbons (Fsp3) is 0.0667. The normalized spacial score (nSPS) is 10.1. The van der Waals surface area contributed by atoms with E-state index in [1.54, 1.807) is 18.2 Å². The van der Waals surface area contributed by atoms with Gasteiger partial charge in [0.1, 0.15) is 12.0 Å². The number of carbonyl (C=O) groups excluding carboxylic acids is 2. The molecular formula is C15H10Cl3NO3. The van der Waals surface area contributed by atoms with E-state index < -0.39 is 5.91 Å². The third-order valence-electron chi connectivity index (χ3n) is 2.64. The minimum Gasteiger partial charge on any atom is -0.484 e. The molecule has 7 heteroatoms. The van der Waals surface area contributed by atoms with Gasteiger partial charge in [-0.2, -0.15) is 0 Å². The molecule has 0 fully saturated rings. The van der Waals surface area contributed by atoms with Gasteiger partial charge in [0.15, 0.2) is 6.61 Å². The molecule has 1 amide bonds. The zero-order chi connectivity index (χ0) is 16.1. The average molecular weight is 359 g/mol. The van der Waals surface area contributed by atoms with Crippen LogP contribution in [0, 0.1) is 0 Å². The highest BCUT2D eigenvalue weighted by Gasteiger charge is 2.12. The van der Waals surface area contributed by atoms with Crippen molar-refractivity contribution < 1.29 is 14.3 Å². The van der Waals surface area contributed by atoms with E-state index in [1.165, 1.54) is 18.2 Å². The van der Waals surface area contributed by atoms with Gasteiger partial charge in [0.2, 0.25) is 0 Å². The molecule has 0 aliphatic carbocycles. The van der Waals surface area contributed by atoms with Crippen molar-refractivity contribution in [2.24, 2.45) is 0 Å². The van der Waals surface area contributed by atoms with Crippen LogP contribution in [0.1, 0.15) is 10.4 Å². The van der Waals surface area contributed by atoms with E-state index in [4.69, 9.17) is 39.5 Å². The minimum atomic E-state index is -0.442. The van der Waals surface area contributed by atoms with Crippen molar-refractivity contribution in [3.63, 3.8) is 0 Å². The van der Waals surface area contributed by atoms with Gasteiger partial charge in [0, 0.05) is 10.6 Å². The van der Waals surface area contributed by atoms with Gasteiger partial charge in [-0.1, -0.05) is 46.9 Å². The first-order valence-corrected chi connectivity index (χ1v) is 7.25. The maximum absolute atomic E-state index is 11.9. The number of amides is 1. The van der Waals surface area contributed by atoms with Gasteiger partial charge in [-0.3, -0.25) is 9.59 Å². The highest BCUT2D eigenvalue weighted by atomic mass is 35.5. The Balaban J connectivity index is 2.00. The first-order valence-electron chi connectivity index (χ1n) is 6.12. The van der Waals surface area contributed by atoms with Crippen molar-refractivity contribution in [3.8, 4) is 5.75 Å². The van der Waals surface area contributed by atoms with Gasteiger partial charge in [-0.25, -0.2) is 0 Å². The molecule has 0 heterocycles. The van der Waals surface area contributed by atoms with Crippen LogP contribution in [0.2, 0.25) is 15.1 Å². The largest absolute Gasteiger partial charge is 0.484 e. The number of aldehydes is 1. The second kappa shape index (κ2) is 7.49. The molecule has 0 atom stereocenters. The molecule has 0 aliphatic heterocycles. The number of benzene rings is 2. The van der Waals surface area contributed by atoms with E-state index in [1.807, 2.05) is 0 Å². The van der Waals surface area contributed by atoms with Crippen molar-refractivity contribution in [1.29, 1.82) is 0 Å². The van der Waals surface area contributed by atoms with Gasteiger partial charge in [0.25, 0.3) is 5.91 Å². The van der Waals surface area contributed by atoms with Crippen molar-refractivity contribution >= 4 is 52.7 Å². The summed E-state index contributed by atoms with van der Waals surface area (Å²) in [5.74, 6) is -0.0318. The maximum Gasteiger partial charge on any atom is 0.262 e. The topological polar surface area (TPSA) is 55.4 Å². The van der Waals surface area contributed by atoms with Gasteiger partial charge < -0.3 is 10.1 Å². The molecule has 0 saturated heterocycles. The number of rotatable bonds is 5. The summed E-state index contributed by atoms with van der Waals surface area (Å²) >= 11 is 17.7. The molecule has 4 nitrogen and oxygen atoms in total. The average Bonchev–Trinajstić information content (AvgIpc) is 2.49. The van der Waals surface area contributed by atoms with Gasteiger partial charge in [-0.15, -0.1) is 0 Å². The SMILES string of the molecule is O=Cc1cccc(OCC(=O)Nc2c(Cl)cc(Cl)cc2Cl)c1. The highest BCUT2D eigenvalue weighted by molar-refractivity contribution is 6.42. The third kappa shape index (κ3) is 4.37. The molecule has 0 radical (unpaired) electrons. The molecule has 0 bridgehead atoms. The smallest absolute Gasteiger partial charge is 0.262 e. The predicted molar refractivity (Wildman–Crippen MR) is 87.4 cm³/mol. The molecule has 0 saturated carbocycles. The Bertz CT molecular complexity index is 696. The maximum atomic E-state index is 11.9. The Labute approximate surface area is 141 Å². The molecule has 0 aromatic heterocycles. The van der Waals surface area contributed by atoms with Crippen LogP contribution in [0.15, 0.2) is 36.4 Å². The van der Waals surface area contributed by atoms with Crippen molar-refractivity contribution in [2.75, 3.05) is 11.9 Å². The number of carbonyl (C=O) groups is 2. The number of hydrogen-bond acceptors (Lipinski definition) is 3. The van der Waals surface area contributed by atoms with Gasteiger partial charge in [-0.05, 0) is 24.3 Å². The lowest BCUT2D eigenvalue weighted by Crippen LogP contribution is -2.20. The van der Waals surface area contributed by atoms with Gasteiger partial charge >= 0.3 is 0 Å². The molecule has 0 spiro atoms. The fourth-order valence-electron chi connectivity index (χ4n) is 1.66. The zero-order valence-electron chi connectivity index (χ0n) is 11.1. The summed E-state index contributed by atoms with van der Waals surface area (Å²) in [5.41, 5.74) is 0.727. The Morgan fingerprint density at radius 3 is 2.45 bits per heavy atom. The second-order valence-corrected chi connectivity index (χ2v) is 5.52. The van der Waals surface area contributed by atoms with Crippen LogP contribution >= 0.6 is 34.8 Å². The van der Waals surface area contributed by atoms with E-state index in [2.05, 4.69) is 5.32 Å². The highest BCUT2D eigenvalue weighted by Crippen LogP contribution is 2.33. The number of hydrogen-bond donors (Lipinski definition) is 1. The number of nitrogens with one attached hydrogen (secondary N) is 1. The molecular weight excluding hydrogens is 349 g/mol. The van der Waals surface area contributed by atoms with Gasteiger partial charge in [0.05, 0.1) is 15.7 Å². The molecule has 0 unspecified atom stereocenters. The summed E-state index contributed by atoms with van der Waals surface area (Å²) in [6.45, 7) is -0.252. The molecule has 22 heavy (non-hydrogen) atoms. The third-order valence-corrected chi connectivity index (χ3v) is 3.45. The number of anilines is 1. The van der Waals surface area contributed by atoms with E-state index in [-0.39, 0.29) is 22.3 Å². The summed E-state index contributed by atoms with van der Waals surface area (Å²) in [4.78, 5) is 22.5. The Hall–Kier alpha value is -1.75. The molecule has 2 aromatic rings. The molecule has 114 valence electrons. The molecule has 2 rings (SSSR count). The fourth-order valence-corrected chi connectivity index (χ4v) is 2.58. The van der Waals surface area contributed by atoms with Crippen molar-refractivity contribution in [2.45, 2.75) is 0 Å². The molecule has 0 aliphatic rings. The summed E-state index contributed by atoms with van der Waals surface area (Å²) < 4.78 is 5.30.